The van der Waals surface area contributed by atoms with Crippen LogP contribution in [0.15, 0.2) is 12.2 Å². The van der Waals surface area contributed by atoms with E-state index in [4.69, 9.17) is 11.6 Å². The van der Waals surface area contributed by atoms with Gasteiger partial charge >= 0.3 is 0 Å². The summed E-state index contributed by atoms with van der Waals surface area (Å²) < 4.78 is 0. The predicted molar refractivity (Wildman–Crippen MR) is 53.2 cm³/mol. The van der Waals surface area contributed by atoms with Gasteiger partial charge < -0.3 is 0 Å². The number of rotatable bonds is 6. The molecule has 0 radical (unpaired) electrons. The molecule has 0 spiro atoms. The van der Waals surface area contributed by atoms with Crippen molar-refractivity contribution in [2.24, 2.45) is 0 Å². The Bertz CT molecular complexity index is 107. The zero-order valence-corrected chi connectivity index (χ0v) is 8.45. The van der Waals surface area contributed by atoms with Crippen molar-refractivity contribution < 1.29 is 0 Å². The number of allylic oxidation sites excluding steroid dienone is 1. The number of hydrogen-bond acceptors (Lipinski definition) is 0. The summed E-state index contributed by atoms with van der Waals surface area (Å²) in [6.07, 6.45) is 5.83. The van der Waals surface area contributed by atoms with Gasteiger partial charge in [-0.25, -0.2) is 0 Å². The zero-order valence-electron chi connectivity index (χ0n) is 7.70. The molecule has 0 aromatic rings. The van der Waals surface area contributed by atoms with Gasteiger partial charge in [0, 0.05) is 5.38 Å². The second kappa shape index (κ2) is 6.72. The summed E-state index contributed by atoms with van der Waals surface area (Å²) in [5.74, 6) is 0. The molecule has 0 aliphatic rings. The van der Waals surface area contributed by atoms with Gasteiger partial charge in [-0.05, 0) is 26.2 Å². The average Bonchev–Trinajstić information content (AvgIpc) is 1.97. The lowest BCUT2D eigenvalue weighted by atomic mass is 10.1. The van der Waals surface area contributed by atoms with Crippen molar-refractivity contribution in [1.82, 2.24) is 0 Å². The van der Waals surface area contributed by atoms with Gasteiger partial charge in [-0.15, -0.1) is 18.2 Å². The van der Waals surface area contributed by atoms with Crippen LogP contribution in [0.25, 0.3) is 0 Å². The quantitative estimate of drug-likeness (QED) is 0.420. The van der Waals surface area contributed by atoms with Gasteiger partial charge in [-0.3, -0.25) is 0 Å². The number of alkyl halides is 1. The highest BCUT2D eigenvalue weighted by atomic mass is 35.5. The molecule has 0 fully saturated rings. The molecule has 0 heterocycles. The van der Waals surface area contributed by atoms with Crippen LogP contribution in [-0.2, 0) is 0 Å². The molecule has 0 N–H and O–H groups in total. The van der Waals surface area contributed by atoms with Gasteiger partial charge in [0.1, 0.15) is 0 Å². The van der Waals surface area contributed by atoms with E-state index in [0.717, 1.165) is 19.3 Å². The molecule has 0 aliphatic heterocycles. The summed E-state index contributed by atoms with van der Waals surface area (Å²) in [7, 11) is 0. The van der Waals surface area contributed by atoms with E-state index in [0.29, 0.717) is 5.38 Å². The van der Waals surface area contributed by atoms with E-state index < -0.39 is 0 Å². The third kappa shape index (κ3) is 7.93. The largest absolute Gasteiger partial charge is 0.123 e. The molecule has 0 saturated carbocycles. The molecular formula is C10H19Cl. The minimum Gasteiger partial charge on any atom is -0.123 e. The van der Waals surface area contributed by atoms with Crippen LogP contribution in [0.5, 0.6) is 0 Å². The Labute approximate surface area is 75.6 Å². The van der Waals surface area contributed by atoms with E-state index in [1.165, 1.54) is 18.4 Å². The van der Waals surface area contributed by atoms with E-state index in [1.54, 1.807) is 0 Å². The van der Waals surface area contributed by atoms with Gasteiger partial charge in [-0.1, -0.05) is 25.3 Å². The second-order valence-corrected chi connectivity index (χ2v) is 3.85. The molecule has 0 nitrogen and oxygen atoms in total. The van der Waals surface area contributed by atoms with Gasteiger partial charge in [0.15, 0.2) is 0 Å². The number of unbranched alkanes of at least 4 members (excludes halogenated alkanes) is 1. The molecular weight excluding hydrogens is 156 g/mol. The summed E-state index contributed by atoms with van der Waals surface area (Å²) in [5, 5.41) is 0.367. The SMILES string of the molecule is C=C(C)CCC(Cl)CCCC. The lowest BCUT2D eigenvalue weighted by Crippen LogP contribution is -1.97. The van der Waals surface area contributed by atoms with Crippen molar-refractivity contribution >= 4 is 11.6 Å². The van der Waals surface area contributed by atoms with Crippen molar-refractivity contribution in [2.75, 3.05) is 0 Å². The van der Waals surface area contributed by atoms with Crippen LogP contribution >= 0.6 is 11.6 Å². The lowest BCUT2D eigenvalue weighted by molar-refractivity contribution is 0.639. The molecule has 1 heteroatoms. The first kappa shape index (κ1) is 11.0. The fourth-order valence-corrected chi connectivity index (χ4v) is 1.24. The van der Waals surface area contributed by atoms with Crippen LogP contribution in [0.4, 0.5) is 0 Å². The maximum atomic E-state index is 6.06. The van der Waals surface area contributed by atoms with Crippen LogP contribution in [0.3, 0.4) is 0 Å². The molecule has 66 valence electrons. The van der Waals surface area contributed by atoms with Crippen LogP contribution < -0.4 is 0 Å². The second-order valence-electron chi connectivity index (χ2n) is 3.24. The van der Waals surface area contributed by atoms with Crippen molar-refractivity contribution in [3.63, 3.8) is 0 Å². The zero-order chi connectivity index (χ0) is 8.69. The first-order chi connectivity index (χ1) is 5.16. The summed E-state index contributed by atoms with van der Waals surface area (Å²) in [6.45, 7) is 8.10. The summed E-state index contributed by atoms with van der Waals surface area (Å²) in [5.41, 5.74) is 1.24. The maximum Gasteiger partial charge on any atom is 0.0339 e. The van der Waals surface area contributed by atoms with Crippen LogP contribution in [0.2, 0.25) is 0 Å². The molecule has 0 aromatic heterocycles. The van der Waals surface area contributed by atoms with Crippen LogP contribution in [0, 0.1) is 0 Å². The Hall–Kier alpha value is 0.0300. The van der Waals surface area contributed by atoms with Gasteiger partial charge in [0.05, 0.1) is 0 Å². The van der Waals surface area contributed by atoms with E-state index in [1.807, 2.05) is 0 Å². The first-order valence-electron chi connectivity index (χ1n) is 4.45. The van der Waals surface area contributed by atoms with Crippen molar-refractivity contribution in [1.29, 1.82) is 0 Å². The molecule has 0 amide bonds. The van der Waals surface area contributed by atoms with Crippen molar-refractivity contribution in [3.05, 3.63) is 12.2 Å². The Morgan fingerprint density at radius 3 is 2.55 bits per heavy atom. The van der Waals surface area contributed by atoms with Gasteiger partial charge in [-0.2, -0.15) is 0 Å². The molecule has 0 saturated heterocycles. The minimum atomic E-state index is 0.367. The minimum absolute atomic E-state index is 0.367. The van der Waals surface area contributed by atoms with Crippen molar-refractivity contribution in [2.45, 2.75) is 51.3 Å². The summed E-state index contributed by atoms with van der Waals surface area (Å²) >= 11 is 6.06. The molecule has 1 unspecified atom stereocenters. The van der Waals surface area contributed by atoms with E-state index in [2.05, 4.69) is 20.4 Å². The Morgan fingerprint density at radius 1 is 1.45 bits per heavy atom. The Balaban J connectivity index is 3.22. The standard InChI is InChI=1S/C10H19Cl/c1-4-5-6-10(11)8-7-9(2)3/h10H,2,4-8H2,1,3H3. The lowest BCUT2D eigenvalue weighted by Gasteiger charge is -2.07. The summed E-state index contributed by atoms with van der Waals surface area (Å²) in [6, 6.07) is 0. The van der Waals surface area contributed by atoms with E-state index in [-0.39, 0.29) is 0 Å². The highest BCUT2D eigenvalue weighted by molar-refractivity contribution is 6.20. The summed E-state index contributed by atoms with van der Waals surface area (Å²) in [4.78, 5) is 0. The normalized spacial score (nSPS) is 13.0. The Morgan fingerprint density at radius 2 is 2.09 bits per heavy atom. The monoisotopic (exact) mass is 174 g/mol. The van der Waals surface area contributed by atoms with Crippen LogP contribution in [-0.4, -0.2) is 5.38 Å². The maximum absolute atomic E-state index is 6.06. The fraction of sp³-hybridized carbons (Fsp3) is 0.800. The van der Waals surface area contributed by atoms with E-state index in [9.17, 15) is 0 Å². The number of hydrogen-bond donors (Lipinski definition) is 0. The Kier molecular flexibility index (Phi) is 6.74. The average molecular weight is 175 g/mol. The molecule has 0 rings (SSSR count). The highest BCUT2D eigenvalue weighted by Crippen LogP contribution is 2.15. The third-order valence-corrected chi connectivity index (χ3v) is 2.19. The fourth-order valence-electron chi connectivity index (χ4n) is 0.973. The predicted octanol–water partition coefficient (Wildman–Crippen LogP) is 4.14. The molecule has 11 heavy (non-hydrogen) atoms. The topological polar surface area (TPSA) is 0 Å². The third-order valence-electron chi connectivity index (χ3n) is 1.76. The van der Waals surface area contributed by atoms with Gasteiger partial charge in [0.25, 0.3) is 0 Å². The smallest absolute Gasteiger partial charge is 0.0339 e. The molecule has 0 aromatic carbocycles. The molecule has 1 atom stereocenters. The first-order valence-corrected chi connectivity index (χ1v) is 4.89. The highest BCUT2D eigenvalue weighted by Gasteiger charge is 2.02. The number of halogens is 1. The van der Waals surface area contributed by atoms with E-state index >= 15 is 0 Å². The van der Waals surface area contributed by atoms with Gasteiger partial charge in [0.2, 0.25) is 0 Å². The van der Waals surface area contributed by atoms with Crippen molar-refractivity contribution in [3.8, 4) is 0 Å². The molecule has 0 aliphatic carbocycles. The van der Waals surface area contributed by atoms with Crippen LogP contribution in [0.1, 0.15) is 46.0 Å². The molecule has 0 bridgehead atoms.